The number of nitrogens with zero attached hydrogens (tertiary/aromatic N) is 4. The molecule has 1 atom stereocenters. The zero-order valence-corrected chi connectivity index (χ0v) is 13.5. The summed E-state index contributed by atoms with van der Waals surface area (Å²) in [6.07, 6.45) is 6.31. The number of aromatic nitrogens is 3. The monoisotopic (exact) mass is 289 g/mol. The van der Waals surface area contributed by atoms with Crippen molar-refractivity contribution in [3.63, 3.8) is 0 Å². The summed E-state index contributed by atoms with van der Waals surface area (Å²) in [5, 5.41) is 21.1. The molecule has 0 radical (unpaired) electrons. The summed E-state index contributed by atoms with van der Waals surface area (Å²) in [5.41, 5.74) is 0.131. The van der Waals surface area contributed by atoms with Crippen molar-refractivity contribution in [1.29, 1.82) is 5.26 Å². The first-order chi connectivity index (χ1) is 10.0. The van der Waals surface area contributed by atoms with Crippen LogP contribution in [0, 0.1) is 16.7 Å². The normalized spacial score (nSPS) is 16.9. The average molecular weight is 289 g/mol. The first-order valence-corrected chi connectivity index (χ1v) is 8.06. The second kappa shape index (κ2) is 7.04. The predicted molar refractivity (Wildman–Crippen MR) is 82.6 cm³/mol. The van der Waals surface area contributed by atoms with Gasteiger partial charge in [0.15, 0.2) is 0 Å². The van der Waals surface area contributed by atoms with Crippen molar-refractivity contribution in [1.82, 2.24) is 20.1 Å². The maximum Gasteiger partial charge on any atom is 0.149 e. The number of nitriles is 1. The molecule has 5 heteroatoms. The summed E-state index contributed by atoms with van der Waals surface area (Å²) in [6.45, 7) is 8.49. The van der Waals surface area contributed by atoms with E-state index < -0.39 is 0 Å². The summed E-state index contributed by atoms with van der Waals surface area (Å²) < 4.78 is 2.30. The number of aryl methyl sites for hydroxylation is 1. The highest BCUT2D eigenvalue weighted by molar-refractivity contribution is 5.02. The molecule has 1 aromatic heterocycles. The lowest BCUT2D eigenvalue weighted by Crippen LogP contribution is -2.32. The van der Waals surface area contributed by atoms with Gasteiger partial charge in [-0.1, -0.05) is 20.3 Å². The molecular weight excluding hydrogens is 262 g/mol. The van der Waals surface area contributed by atoms with Crippen LogP contribution in [0.25, 0.3) is 0 Å². The molecule has 0 bridgehead atoms. The molecule has 1 N–H and O–H groups in total. The van der Waals surface area contributed by atoms with E-state index in [0.717, 1.165) is 37.6 Å². The van der Waals surface area contributed by atoms with Gasteiger partial charge in [0.2, 0.25) is 0 Å². The SMILES string of the molecule is CC(NCC(C)(C)CCC#N)c1nnc2n1CCCCC2. The minimum absolute atomic E-state index is 0.131. The van der Waals surface area contributed by atoms with Gasteiger partial charge in [0.1, 0.15) is 11.6 Å². The van der Waals surface area contributed by atoms with Crippen molar-refractivity contribution in [2.75, 3.05) is 6.54 Å². The Balaban J connectivity index is 1.96. The highest BCUT2D eigenvalue weighted by Crippen LogP contribution is 2.23. The summed E-state index contributed by atoms with van der Waals surface area (Å²) in [7, 11) is 0. The Morgan fingerprint density at radius 1 is 1.33 bits per heavy atom. The molecule has 1 aliphatic rings. The number of hydrogen-bond donors (Lipinski definition) is 1. The third kappa shape index (κ3) is 4.28. The van der Waals surface area contributed by atoms with Crippen LogP contribution in [0.3, 0.4) is 0 Å². The molecule has 0 aliphatic carbocycles. The van der Waals surface area contributed by atoms with Crippen molar-refractivity contribution in [2.45, 2.75) is 71.9 Å². The zero-order valence-electron chi connectivity index (χ0n) is 13.5. The lowest BCUT2D eigenvalue weighted by Gasteiger charge is -2.26. The van der Waals surface area contributed by atoms with Crippen molar-refractivity contribution >= 4 is 0 Å². The fourth-order valence-corrected chi connectivity index (χ4v) is 2.83. The van der Waals surface area contributed by atoms with Gasteiger partial charge in [-0.3, -0.25) is 0 Å². The van der Waals surface area contributed by atoms with Crippen LogP contribution in [0.5, 0.6) is 0 Å². The topological polar surface area (TPSA) is 66.5 Å². The van der Waals surface area contributed by atoms with E-state index in [-0.39, 0.29) is 11.5 Å². The van der Waals surface area contributed by atoms with Crippen LogP contribution in [0.2, 0.25) is 0 Å². The Morgan fingerprint density at radius 3 is 2.90 bits per heavy atom. The molecule has 0 aromatic carbocycles. The van der Waals surface area contributed by atoms with Crippen molar-refractivity contribution in [3.05, 3.63) is 11.6 Å². The third-order valence-electron chi connectivity index (χ3n) is 4.33. The van der Waals surface area contributed by atoms with Crippen LogP contribution >= 0.6 is 0 Å². The summed E-state index contributed by atoms with van der Waals surface area (Å²) >= 11 is 0. The van der Waals surface area contributed by atoms with Crippen LogP contribution in [-0.2, 0) is 13.0 Å². The first-order valence-electron chi connectivity index (χ1n) is 8.06. The Morgan fingerprint density at radius 2 is 2.14 bits per heavy atom. The molecule has 2 heterocycles. The first kappa shape index (κ1) is 16.0. The molecule has 0 fully saturated rings. The predicted octanol–water partition coefficient (Wildman–Crippen LogP) is 2.99. The van der Waals surface area contributed by atoms with Gasteiger partial charge in [0.25, 0.3) is 0 Å². The van der Waals surface area contributed by atoms with E-state index in [1.807, 2.05) is 0 Å². The quantitative estimate of drug-likeness (QED) is 0.874. The molecule has 116 valence electrons. The Bertz CT molecular complexity index is 497. The largest absolute Gasteiger partial charge is 0.314 e. The summed E-state index contributed by atoms with van der Waals surface area (Å²) in [6, 6.07) is 2.43. The Labute approximate surface area is 127 Å². The molecular formula is C16H27N5. The lowest BCUT2D eigenvalue weighted by molar-refractivity contribution is 0.300. The Kier molecular flexibility index (Phi) is 5.35. The lowest BCUT2D eigenvalue weighted by atomic mass is 9.88. The van der Waals surface area contributed by atoms with Crippen LogP contribution in [0.1, 0.15) is 70.6 Å². The molecule has 0 amide bonds. The molecule has 0 saturated heterocycles. The highest BCUT2D eigenvalue weighted by atomic mass is 15.3. The third-order valence-corrected chi connectivity index (χ3v) is 4.33. The molecule has 1 aromatic rings. The van der Waals surface area contributed by atoms with Crippen molar-refractivity contribution in [3.8, 4) is 6.07 Å². The minimum atomic E-state index is 0.131. The number of fused-ring (bicyclic) bond motifs is 1. The van der Waals surface area contributed by atoms with Gasteiger partial charge in [-0.25, -0.2) is 0 Å². The van der Waals surface area contributed by atoms with E-state index in [1.54, 1.807) is 0 Å². The molecule has 1 unspecified atom stereocenters. The van der Waals surface area contributed by atoms with Gasteiger partial charge in [-0.05, 0) is 31.6 Å². The summed E-state index contributed by atoms with van der Waals surface area (Å²) in [5.74, 6) is 2.20. The number of nitrogens with one attached hydrogen (secondary N) is 1. The fraction of sp³-hybridized carbons (Fsp3) is 0.812. The van der Waals surface area contributed by atoms with Crippen LogP contribution in [0.15, 0.2) is 0 Å². The van der Waals surface area contributed by atoms with Gasteiger partial charge in [-0.15, -0.1) is 10.2 Å². The fourth-order valence-electron chi connectivity index (χ4n) is 2.83. The van der Waals surface area contributed by atoms with Gasteiger partial charge in [-0.2, -0.15) is 5.26 Å². The maximum atomic E-state index is 8.72. The van der Waals surface area contributed by atoms with Gasteiger partial charge < -0.3 is 9.88 Å². The second-order valence-electron chi connectivity index (χ2n) is 6.86. The van der Waals surface area contributed by atoms with E-state index in [4.69, 9.17) is 5.26 Å². The standard InChI is InChI=1S/C16H27N5/c1-13(18-12-16(2,3)9-7-10-17)15-20-19-14-8-5-4-6-11-21(14)15/h13,18H,4-9,11-12H2,1-3H3. The molecule has 0 saturated carbocycles. The summed E-state index contributed by atoms with van der Waals surface area (Å²) in [4.78, 5) is 0. The van der Waals surface area contributed by atoms with E-state index in [2.05, 4.69) is 46.9 Å². The zero-order chi connectivity index (χ0) is 15.3. The van der Waals surface area contributed by atoms with Gasteiger partial charge in [0.05, 0.1) is 12.1 Å². The minimum Gasteiger partial charge on any atom is -0.314 e. The number of rotatable bonds is 6. The molecule has 21 heavy (non-hydrogen) atoms. The van der Waals surface area contributed by atoms with Crippen LogP contribution in [-0.4, -0.2) is 21.3 Å². The van der Waals surface area contributed by atoms with Crippen LogP contribution in [0.4, 0.5) is 0 Å². The Hall–Kier alpha value is -1.41. The highest BCUT2D eigenvalue weighted by Gasteiger charge is 2.22. The maximum absolute atomic E-state index is 8.72. The second-order valence-corrected chi connectivity index (χ2v) is 6.86. The van der Waals surface area contributed by atoms with Crippen molar-refractivity contribution < 1.29 is 0 Å². The molecule has 1 aliphatic heterocycles. The van der Waals surface area contributed by atoms with Crippen molar-refractivity contribution in [2.24, 2.45) is 5.41 Å². The molecule has 5 nitrogen and oxygen atoms in total. The van der Waals surface area contributed by atoms with E-state index in [1.165, 1.54) is 19.3 Å². The van der Waals surface area contributed by atoms with Crippen LogP contribution < -0.4 is 5.32 Å². The average Bonchev–Trinajstić information content (AvgIpc) is 2.72. The van der Waals surface area contributed by atoms with Gasteiger partial charge >= 0.3 is 0 Å². The molecule has 2 rings (SSSR count). The van der Waals surface area contributed by atoms with E-state index in [0.29, 0.717) is 6.42 Å². The molecule has 0 spiro atoms. The van der Waals surface area contributed by atoms with Gasteiger partial charge in [0, 0.05) is 25.9 Å². The smallest absolute Gasteiger partial charge is 0.149 e. The number of hydrogen-bond acceptors (Lipinski definition) is 4. The van der Waals surface area contributed by atoms with E-state index >= 15 is 0 Å². The van der Waals surface area contributed by atoms with E-state index in [9.17, 15) is 0 Å².